The van der Waals surface area contributed by atoms with Gasteiger partial charge in [-0.2, -0.15) is 0 Å². The fourth-order valence-corrected chi connectivity index (χ4v) is 1.69. The molecule has 0 aromatic heterocycles. The fourth-order valence-electron chi connectivity index (χ4n) is 1.69. The van der Waals surface area contributed by atoms with Crippen molar-refractivity contribution in [1.82, 2.24) is 4.90 Å². The quantitative estimate of drug-likeness (QED) is 0.753. The Morgan fingerprint density at radius 3 is 2.29 bits per heavy atom. The molecule has 0 bridgehead atoms. The van der Waals surface area contributed by atoms with Crippen LogP contribution in [-0.4, -0.2) is 34.0 Å². The molecule has 1 aromatic rings. The molecular formula is C12H15NO4. The topological polar surface area (TPSA) is 77.8 Å². The zero-order valence-corrected chi connectivity index (χ0v) is 9.75. The molecule has 0 fully saturated rings. The SMILES string of the molecule is CCN(C=O)C(C)(C(=O)O)c1ccc(O)cc1. The number of hydrogen-bond acceptors (Lipinski definition) is 3. The van der Waals surface area contributed by atoms with Crippen molar-refractivity contribution in [2.45, 2.75) is 19.4 Å². The number of carboxylic acids is 1. The number of aliphatic carboxylic acids is 1. The monoisotopic (exact) mass is 237 g/mol. The van der Waals surface area contributed by atoms with Crippen molar-refractivity contribution < 1.29 is 19.8 Å². The molecule has 0 saturated heterocycles. The maximum absolute atomic E-state index is 11.4. The summed E-state index contributed by atoms with van der Waals surface area (Å²) in [6.07, 6.45) is 0.515. The summed E-state index contributed by atoms with van der Waals surface area (Å²) < 4.78 is 0. The number of hydrogen-bond donors (Lipinski definition) is 2. The maximum atomic E-state index is 11.4. The van der Waals surface area contributed by atoms with Crippen molar-refractivity contribution in [1.29, 1.82) is 0 Å². The predicted molar refractivity (Wildman–Crippen MR) is 61.5 cm³/mol. The average Bonchev–Trinajstić information content (AvgIpc) is 2.30. The second-order valence-electron chi connectivity index (χ2n) is 3.82. The van der Waals surface area contributed by atoms with E-state index >= 15 is 0 Å². The largest absolute Gasteiger partial charge is 0.508 e. The second kappa shape index (κ2) is 4.86. The first-order valence-electron chi connectivity index (χ1n) is 5.21. The summed E-state index contributed by atoms with van der Waals surface area (Å²) in [4.78, 5) is 23.5. The highest BCUT2D eigenvalue weighted by molar-refractivity contribution is 5.82. The molecule has 2 N–H and O–H groups in total. The van der Waals surface area contributed by atoms with Crippen molar-refractivity contribution in [3.8, 4) is 5.75 Å². The first-order valence-corrected chi connectivity index (χ1v) is 5.21. The third-order valence-corrected chi connectivity index (χ3v) is 2.89. The number of phenolic OH excluding ortho intramolecular Hbond substituents is 1. The van der Waals surface area contributed by atoms with Gasteiger partial charge >= 0.3 is 5.97 Å². The van der Waals surface area contributed by atoms with Gasteiger partial charge < -0.3 is 15.1 Å². The van der Waals surface area contributed by atoms with Crippen LogP contribution in [0.1, 0.15) is 19.4 Å². The number of likely N-dealkylation sites (N-methyl/N-ethyl adjacent to an activating group) is 1. The van der Waals surface area contributed by atoms with E-state index in [1.165, 1.54) is 36.1 Å². The molecule has 0 saturated carbocycles. The van der Waals surface area contributed by atoms with Crippen LogP contribution in [0.2, 0.25) is 0 Å². The molecule has 1 rings (SSSR count). The van der Waals surface area contributed by atoms with Gasteiger partial charge in [0.15, 0.2) is 5.54 Å². The Morgan fingerprint density at radius 1 is 1.41 bits per heavy atom. The van der Waals surface area contributed by atoms with Crippen LogP contribution in [0.3, 0.4) is 0 Å². The minimum Gasteiger partial charge on any atom is -0.508 e. The number of carbonyl (C=O) groups is 2. The third kappa shape index (κ3) is 2.22. The number of phenols is 1. The van der Waals surface area contributed by atoms with E-state index in [9.17, 15) is 19.8 Å². The molecule has 1 aromatic carbocycles. The summed E-state index contributed by atoms with van der Waals surface area (Å²) in [6, 6.07) is 5.79. The minimum atomic E-state index is -1.43. The van der Waals surface area contributed by atoms with Crippen molar-refractivity contribution in [2.75, 3.05) is 6.54 Å². The van der Waals surface area contributed by atoms with E-state index in [2.05, 4.69) is 0 Å². The number of amides is 1. The molecule has 5 heteroatoms. The zero-order valence-electron chi connectivity index (χ0n) is 9.75. The lowest BCUT2D eigenvalue weighted by Crippen LogP contribution is -2.49. The van der Waals surface area contributed by atoms with E-state index < -0.39 is 11.5 Å². The lowest BCUT2D eigenvalue weighted by atomic mass is 9.90. The van der Waals surface area contributed by atoms with Crippen LogP contribution in [0.25, 0.3) is 0 Å². The van der Waals surface area contributed by atoms with Crippen molar-refractivity contribution in [2.24, 2.45) is 0 Å². The van der Waals surface area contributed by atoms with Crippen molar-refractivity contribution in [3.63, 3.8) is 0 Å². The van der Waals surface area contributed by atoms with Gasteiger partial charge in [0, 0.05) is 6.54 Å². The van der Waals surface area contributed by atoms with Crippen LogP contribution in [0.15, 0.2) is 24.3 Å². The molecule has 0 heterocycles. The highest BCUT2D eigenvalue weighted by atomic mass is 16.4. The summed E-state index contributed by atoms with van der Waals surface area (Å²) in [7, 11) is 0. The Morgan fingerprint density at radius 2 is 1.94 bits per heavy atom. The van der Waals surface area contributed by atoms with E-state index in [4.69, 9.17) is 0 Å². The number of benzene rings is 1. The van der Waals surface area contributed by atoms with Gasteiger partial charge in [-0.3, -0.25) is 4.79 Å². The molecule has 1 atom stereocenters. The molecule has 0 aliphatic heterocycles. The van der Waals surface area contributed by atoms with Crippen molar-refractivity contribution >= 4 is 12.4 Å². The van der Waals surface area contributed by atoms with Crippen molar-refractivity contribution in [3.05, 3.63) is 29.8 Å². The van der Waals surface area contributed by atoms with Gasteiger partial charge in [0.25, 0.3) is 0 Å². The van der Waals surface area contributed by atoms with Gasteiger partial charge in [-0.25, -0.2) is 4.79 Å². The van der Waals surface area contributed by atoms with Crippen LogP contribution in [0.4, 0.5) is 0 Å². The molecule has 17 heavy (non-hydrogen) atoms. The smallest absolute Gasteiger partial charge is 0.334 e. The van der Waals surface area contributed by atoms with E-state index in [0.717, 1.165) is 0 Å². The number of aromatic hydroxyl groups is 1. The molecule has 0 spiro atoms. The maximum Gasteiger partial charge on any atom is 0.334 e. The van der Waals surface area contributed by atoms with Crippen LogP contribution in [0, 0.1) is 0 Å². The van der Waals surface area contributed by atoms with Gasteiger partial charge in [0.1, 0.15) is 5.75 Å². The molecule has 0 radical (unpaired) electrons. The van der Waals surface area contributed by atoms with E-state index in [1.807, 2.05) is 0 Å². The number of rotatable bonds is 5. The Bertz CT molecular complexity index is 415. The Hall–Kier alpha value is -2.04. The van der Waals surface area contributed by atoms with Gasteiger partial charge in [0.2, 0.25) is 6.41 Å². The molecular weight excluding hydrogens is 222 g/mol. The molecule has 5 nitrogen and oxygen atoms in total. The van der Waals surface area contributed by atoms with E-state index in [1.54, 1.807) is 6.92 Å². The van der Waals surface area contributed by atoms with E-state index in [-0.39, 0.29) is 12.3 Å². The first kappa shape index (κ1) is 13.0. The number of nitrogens with zero attached hydrogens (tertiary/aromatic N) is 1. The number of carbonyl (C=O) groups excluding carboxylic acids is 1. The minimum absolute atomic E-state index is 0.0515. The van der Waals surface area contributed by atoms with E-state index in [0.29, 0.717) is 12.0 Å². The third-order valence-electron chi connectivity index (χ3n) is 2.89. The molecule has 1 unspecified atom stereocenters. The Balaban J connectivity index is 3.29. The molecule has 0 aliphatic rings. The Labute approximate surface area is 99.3 Å². The number of carboxylic acid groups (broad SMARTS) is 1. The summed E-state index contributed by atoms with van der Waals surface area (Å²) in [5.41, 5.74) is -0.985. The highest BCUT2D eigenvalue weighted by Crippen LogP contribution is 2.28. The van der Waals surface area contributed by atoms with Crippen LogP contribution >= 0.6 is 0 Å². The summed E-state index contributed by atoms with van der Waals surface area (Å²) in [6.45, 7) is 3.45. The standard InChI is InChI=1S/C12H15NO4/c1-3-13(8-14)12(2,11(16)17)9-4-6-10(15)7-5-9/h4-8,15H,3H2,1-2H3,(H,16,17). The zero-order chi connectivity index (χ0) is 13.1. The van der Waals surface area contributed by atoms with Gasteiger partial charge in [-0.05, 0) is 31.5 Å². The first-order chi connectivity index (χ1) is 7.96. The summed E-state index contributed by atoms with van der Waals surface area (Å²) >= 11 is 0. The van der Waals surface area contributed by atoms with Crippen LogP contribution < -0.4 is 0 Å². The van der Waals surface area contributed by atoms with Crippen LogP contribution in [-0.2, 0) is 15.1 Å². The van der Waals surface area contributed by atoms with Crippen LogP contribution in [0.5, 0.6) is 5.75 Å². The average molecular weight is 237 g/mol. The lowest BCUT2D eigenvalue weighted by Gasteiger charge is -2.34. The molecule has 1 amide bonds. The highest BCUT2D eigenvalue weighted by Gasteiger charge is 2.40. The lowest BCUT2D eigenvalue weighted by molar-refractivity contribution is -0.154. The summed E-state index contributed by atoms with van der Waals surface area (Å²) in [5, 5.41) is 18.5. The molecule has 0 aliphatic carbocycles. The van der Waals surface area contributed by atoms with Gasteiger partial charge in [-0.15, -0.1) is 0 Å². The fraction of sp³-hybridized carbons (Fsp3) is 0.333. The van der Waals surface area contributed by atoms with Gasteiger partial charge in [-0.1, -0.05) is 12.1 Å². The molecule has 92 valence electrons. The van der Waals surface area contributed by atoms with Gasteiger partial charge in [0.05, 0.1) is 0 Å². The summed E-state index contributed by atoms with van der Waals surface area (Å²) in [5.74, 6) is -1.06. The second-order valence-corrected chi connectivity index (χ2v) is 3.82. The Kier molecular flexibility index (Phi) is 3.73. The predicted octanol–water partition coefficient (Wildman–Crippen LogP) is 1.17. The normalized spacial score (nSPS) is 13.8.